The van der Waals surface area contributed by atoms with Crippen LogP contribution in [0.2, 0.25) is 0 Å². The van der Waals surface area contributed by atoms with Crippen LogP contribution in [0, 0.1) is 11.8 Å². The predicted octanol–water partition coefficient (Wildman–Crippen LogP) is 4.04. The lowest BCUT2D eigenvalue weighted by Gasteiger charge is -2.38. The van der Waals surface area contributed by atoms with E-state index in [-0.39, 0.29) is 23.9 Å². The molecular formula is C26H33NO6. The number of hydrogen-bond acceptors (Lipinski definition) is 7. The first kappa shape index (κ1) is 24.6. The molecule has 1 aromatic carbocycles. The van der Waals surface area contributed by atoms with Gasteiger partial charge in [0.15, 0.2) is 5.78 Å². The first-order chi connectivity index (χ1) is 15.6. The standard InChI is InChI=1S/C26H33NO6/c1-13(2)32-19-11-9-8-10-17(19)22-21(26(30)33-14(3)4)16(6)27-18-12-15(5)20(25(29)31-7)24(28)23(18)22/h8-11,13-15,20,22,27H,12H2,1-7H3/t15-,20-,22+/m1/s1. The molecule has 0 bridgehead atoms. The van der Waals surface area contributed by atoms with Crippen molar-refractivity contribution in [2.24, 2.45) is 11.8 Å². The fraction of sp³-hybridized carbons (Fsp3) is 0.500. The molecule has 1 N–H and O–H groups in total. The number of esters is 2. The van der Waals surface area contributed by atoms with E-state index in [4.69, 9.17) is 14.2 Å². The van der Waals surface area contributed by atoms with Crippen LogP contribution in [-0.4, -0.2) is 37.0 Å². The highest BCUT2D eigenvalue weighted by Crippen LogP contribution is 2.47. The van der Waals surface area contributed by atoms with Crippen molar-refractivity contribution in [3.8, 4) is 5.75 Å². The Morgan fingerprint density at radius 2 is 1.76 bits per heavy atom. The molecule has 33 heavy (non-hydrogen) atoms. The van der Waals surface area contributed by atoms with Crippen LogP contribution >= 0.6 is 0 Å². The van der Waals surface area contributed by atoms with Crippen LogP contribution in [-0.2, 0) is 23.9 Å². The Bertz CT molecular complexity index is 1020. The van der Waals surface area contributed by atoms with Crippen LogP contribution in [0.25, 0.3) is 0 Å². The number of methoxy groups -OCH3 is 1. The second-order valence-electron chi connectivity index (χ2n) is 9.19. The Morgan fingerprint density at radius 1 is 1.09 bits per heavy atom. The molecule has 1 aromatic rings. The third-order valence-electron chi connectivity index (χ3n) is 5.90. The molecule has 3 atom stereocenters. The summed E-state index contributed by atoms with van der Waals surface area (Å²) in [6, 6.07) is 7.38. The molecule has 1 aliphatic carbocycles. The summed E-state index contributed by atoms with van der Waals surface area (Å²) in [7, 11) is 1.28. The van der Waals surface area contributed by atoms with Gasteiger partial charge < -0.3 is 19.5 Å². The normalized spacial score (nSPS) is 22.8. The van der Waals surface area contributed by atoms with E-state index in [2.05, 4.69) is 5.32 Å². The molecule has 0 aromatic heterocycles. The van der Waals surface area contributed by atoms with Crippen LogP contribution in [0.4, 0.5) is 0 Å². The third-order valence-corrected chi connectivity index (χ3v) is 5.90. The molecule has 178 valence electrons. The molecule has 0 radical (unpaired) electrons. The van der Waals surface area contributed by atoms with Gasteiger partial charge in [-0.3, -0.25) is 9.59 Å². The Labute approximate surface area is 195 Å². The molecule has 0 saturated carbocycles. The van der Waals surface area contributed by atoms with Crippen molar-refractivity contribution in [3.05, 3.63) is 52.4 Å². The number of Topliss-reactive ketones (excluding diaryl/α,β-unsaturated/α-hetero) is 1. The van der Waals surface area contributed by atoms with E-state index >= 15 is 0 Å². The van der Waals surface area contributed by atoms with Gasteiger partial charge in [-0.2, -0.15) is 0 Å². The summed E-state index contributed by atoms with van der Waals surface area (Å²) >= 11 is 0. The van der Waals surface area contributed by atoms with E-state index in [9.17, 15) is 14.4 Å². The van der Waals surface area contributed by atoms with Gasteiger partial charge in [-0.1, -0.05) is 25.1 Å². The zero-order valence-corrected chi connectivity index (χ0v) is 20.4. The minimum absolute atomic E-state index is 0.109. The van der Waals surface area contributed by atoms with E-state index in [1.165, 1.54) is 7.11 Å². The highest BCUT2D eigenvalue weighted by atomic mass is 16.5. The molecule has 7 heteroatoms. The molecule has 1 heterocycles. The number of allylic oxidation sites excluding steroid dienone is 3. The second-order valence-corrected chi connectivity index (χ2v) is 9.19. The van der Waals surface area contributed by atoms with Crippen molar-refractivity contribution in [1.29, 1.82) is 0 Å². The lowest BCUT2D eigenvalue weighted by atomic mass is 9.69. The number of ether oxygens (including phenoxy) is 3. The quantitative estimate of drug-likeness (QED) is 0.511. The van der Waals surface area contributed by atoms with Crippen molar-refractivity contribution in [3.63, 3.8) is 0 Å². The minimum Gasteiger partial charge on any atom is -0.491 e. The van der Waals surface area contributed by atoms with Gasteiger partial charge in [0.2, 0.25) is 0 Å². The highest BCUT2D eigenvalue weighted by Gasteiger charge is 2.47. The van der Waals surface area contributed by atoms with Crippen LogP contribution < -0.4 is 10.1 Å². The van der Waals surface area contributed by atoms with Gasteiger partial charge >= 0.3 is 11.9 Å². The molecule has 0 unspecified atom stereocenters. The largest absolute Gasteiger partial charge is 0.491 e. The van der Waals surface area contributed by atoms with Crippen molar-refractivity contribution >= 4 is 17.7 Å². The van der Waals surface area contributed by atoms with Gasteiger partial charge in [-0.05, 0) is 53.0 Å². The lowest BCUT2D eigenvalue weighted by molar-refractivity contribution is -0.151. The molecule has 3 rings (SSSR count). The van der Waals surface area contributed by atoms with Crippen molar-refractivity contribution < 1.29 is 28.6 Å². The maximum atomic E-state index is 13.8. The molecular weight excluding hydrogens is 422 g/mol. The molecule has 0 fully saturated rings. The molecule has 0 saturated heterocycles. The number of para-hydroxylation sites is 1. The van der Waals surface area contributed by atoms with E-state index in [1.54, 1.807) is 20.8 Å². The number of dihydropyridines is 1. The molecule has 2 aliphatic rings. The summed E-state index contributed by atoms with van der Waals surface area (Å²) in [6.07, 6.45) is 0.0391. The van der Waals surface area contributed by atoms with Gasteiger partial charge in [-0.15, -0.1) is 0 Å². The summed E-state index contributed by atoms with van der Waals surface area (Å²) in [5, 5.41) is 3.27. The van der Waals surface area contributed by atoms with Crippen LogP contribution in [0.3, 0.4) is 0 Å². The Kier molecular flexibility index (Phi) is 7.30. The van der Waals surface area contributed by atoms with Gasteiger partial charge in [0.25, 0.3) is 0 Å². The van der Waals surface area contributed by atoms with Crippen molar-refractivity contribution in [1.82, 2.24) is 5.32 Å². The number of benzene rings is 1. The summed E-state index contributed by atoms with van der Waals surface area (Å²) < 4.78 is 16.6. The van der Waals surface area contributed by atoms with Crippen molar-refractivity contribution in [2.45, 2.75) is 66.1 Å². The summed E-state index contributed by atoms with van der Waals surface area (Å²) in [5.74, 6) is -2.73. The number of carbonyl (C=O) groups excluding carboxylic acids is 3. The Hall–Kier alpha value is -3.09. The zero-order valence-electron chi connectivity index (χ0n) is 20.4. The lowest BCUT2D eigenvalue weighted by Crippen LogP contribution is -2.43. The van der Waals surface area contributed by atoms with Gasteiger partial charge in [0.1, 0.15) is 11.7 Å². The van der Waals surface area contributed by atoms with Crippen LogP contribution in [0.1, 0.15) is 59.4 Å². The average molecular weight is 456 g/mol. The predicted molar refractivity (Wildman–Crippen MR) is 123 cm³/mol. The van der Waals surface area contributed by atoms with E-state index in [0.717, 1.165) is 5.70 Å². The molecule has 0 amide bonds. The van der Waals surface area contributed by atoms with E-state index in [1.807, 2.05) is 45.0 Å². The summed E-state index contributed by atoms with van der Waals surface area (Å²) in [6.45, 7) is 11.1. The number of ketones is 1. The molecule has 1 aliphatic heterocycles. The maximum Gasteiger partial charge on any atom is 0.337 e. The van der Waals surface area contributed by atoms with Crippen LogP contribution in [0.15, 0.2) is 46.8 Å². The number of carbonyl (C=O) groups is 3. The monoisotopic (exact) mass is 455 g/mol. The van der Waals surface area contributed by atoms with Gasteiger partial charge in [-0.25, -0.2) is 4.79 Å². The molecule has 7 nitrogen and oxygen atoms in total. The SMILES string of the molecule is COC(=O)[C@H]1C(=O)C2=C(C[C@H]1C)NC(C)=C(C(=O)OC(C)C)[C@@H]2c1ccccc1OC(C)C. The van der Waals surface area contributed by atoms with Crippen molar-refractivity contribution in [2.75, 3.05) is 7.11 Å². The minimum atomic E-state index is -0.933. The fourth-order valence-corrected chi connectivity index (χ4v) is 4.62. The first-order valence-corrected chi connectivity index (χ1v) is 11.4. The van der Waals surface area contributed by atoms with Gasteiger partial charge in [0.05, 0.1) is 30.8 Å². The third kappa shape index (κ3) is 4.82. The average Bonchev–Trinajstić information content (AvgIpc) is 2.71. The Balaban J connectivity index is 2.24. The van der Waals surface area contributed by atoms with Crippen LogP contribution in [0.5, 0.6) is 5.75 Å². The summed E-state index contributed by atoms with van der Waals surface area (Å²) in [4.78, 5) is 39.6. The number of rotatable bonds is 6. The maximum absolute atomic E-state index is 13.8. The topological polar surface area (TPSA) is 90.9 Å². The van der Waals surface area contributed by atoms with E-state index < -0.39 is 23.8 Å². The Morgan fingerprint density at radius 3 is 2.36 bits per heavy atom. The fourth-order valence-electron chi connectivity index (χ4n) is 4.62. The number of hydrogen-bond donors (Lipinski definition) is 1. The number of nitrogens with one attached hydrogen (secondary N) is 1. The summed E-state index contributed by atoms with van der Waals surface area (Å²) in [5.41, 5.74) is 2.76. The highest BCUT2D eigenvalue weighted by molar-refractivity contribution is 6.12. The van der Waals surface area contributed by atoms with Gasteiger partial charge in [0, 0.05) is 22.5 Å². The zero-order chi connectivity index (χ0) is 24.4. The van der Waals surface area contributed by atoms with E-state index in [0.29, 0.717) is 34.6 Å². The first-order valence-electron chi connectivity index (χ1n) is 11.4. The molecule has 0 spiro atoms. The second kappa shape index (κ2) is 9.81. The smallest absolute Gasteiger partial charge is 0.337 e.